The summed E-state index contributed by atoms with van der Waals surface area (Å²) in [6.07, 6.45) is 5.71. The second-order valence-corrected chi connectivity index (χ2v) is 11.9. The van der Waals surface area contributed by atoms with E-state index >= 15 is 0 Å². The summed E-state index contributed by atoms with van der Waals surface area (Å²) >= 11 is 0. The Kier molecular flexibility index (Phi) is 5.75. The first-order chi connectivity index (χ1) is 18.6. The van der Waals surface area contributed by atoms with Gasteiger partial charge in [0.25, 0.3) is 0 Å². The Bertz CT molecular complexity index is 1320. The predicted octanol–water partition coefficient (Wildman–Crippen LogP) is 5.59. The molecular weight excluding hydrogens is 470 g/mol. The molecule has 0 aromatic heterocycles. The molecule has 0 bridgehead atoms. The van der Waals surface area contributed by atoms with E-state index in [0.29, 0.717) is 18.2 Å². The molecule has 7 rings (SSSR count). The average molecular weight is 506 g/mol. The van der Waals surface area contributed by atoms with Gasteiger partial charge in [-0.3, -0.25) is 4.79 Å². The van der Waals surface area contributed by atoms with E-state index in [2.05, 4.69) is 83.0 Å². The van der Waals surface area contributed by atoms with E-state index in [1.807, 2.05) is 4.90 Å². The van der Waals surface area contributed by atoms with Gasteiger partial charge in [0.15, 0.2) is 0 Å². The topological polar surface area (TPSA) is 52.7 Å². The van der Waals surface area contributed by atoms with Crippen molar-refractivity contribution in [3.05, 3.63) is 95.1 Å². The largest absolute Gasteiger partial charge is 0.343 e. The summed E-state index contributed by atoms with van der Waals surface area (Å²) < 4.78 is 0. The molecule has 0 saturated carbocycles. The van der Waals surface area contributed by atoms with Crippen molar-refractivity contribution in [3.63, 3.8) is 0 Å². The smallest absolute Gasteiger partial charge is 0.318 e. The lowest BCUT2D eigenvalue weighted by molar-refractivity contribution is -0.134. The highest BCUT2D eigenvalue weighted by molar-refractivity contribution is 5.83. The van der Waals surface area contributed by atoms with Crippen LogP contribution in [0.3, 0.4) is 0 Å². The van der Waals surface area contributed by atoms with Gasteiger partial charge < -0.3 is 15.1 Å². The average Bonchev–Trinajstić information content (AvgIpc) is 3.64. The van der Waals surface area contributed by atoms with Gasteiger partial charge in [0, 0.05) is 32.6 Å². The van der Waals surface area contributed by atoms with Gasteiger partial charge in [-0.15, -0.1) is 0 Å². The zero-order valence-corrected chi connectivity index (χ0v) is 21.9. The van der Waals surface area contributed by atoms with Crippen LogP contribution in [-0.4, -0.2) is 47.9 Å². The minimum atomic E-state index is -0.104. The zero-order valence-electron chi connectivity index (χ0n) is 21.9. The molecule has 1 N–H and O–H groups in total. The van der Waals surface area contributed by atoms with Gasteiger partial charge >= 0.3 is 6.03 Å². The number of urea groups is 1. The third-order valence-corrected chi connectivity index (χ3v) is 9.60. The van der Waals surface area contributed by atoms with Gasteiger partial charge in [-0.25, -0.2) is 4.79 Å². The van der Waals surface area contributed by atoms with E-state index in [0.717, 1.165) is 58.3 Å². The van der Waals surface area contributed by atoms with E-state index in [9.17, 15) is 9.59 Å². The van der Waals surface area contributed by atoms with Crippen LogP contribution in [0.1, 0.15) is 54.0 Å². The van der Waals surface area contributed by atoms with Gasteiger partial charge in [0.1, 0.15) is 0 Å². The first kappa shape index (κ1) is 23.5. The van der Waals surface area contributed by atoms with E-state index < -0.39 is 0 Å². The Morgan fingerprint density at radius 3 is 1.87 bits per heavy atom. The fourth-order valence-electron chi connectivity index (χ4n) is 7.44. The molecule has 2 fully saturated rings. The molecule has 5 heteroatoms. The fourth-order valence-corrected chi connectivity index (χ4v) is 7.44. The molecule has 0 radical (unpaired) electrons. The molecule has 1 spiro atoms. The van der Waals surface area contributed by atoms with Crippen LogP contribution < -0.4 is 5.32 Å². The highest BCUT2D eigenvalue weighted by Crippen LogP contribution is 2.44. The van der Waals surface area contributed by atoms with Crippen LogP contribution in [0.2, 0.25) is 0 Å². The van der Waals surface area contributed by atoms with Crippen LogP contribution in [0.5, 0.6) is 0 Å². The van der Waals surface area contributed by atoms with Crippen molar-refractivity contribution >= 4 is 11.9 Å². The Morgan fingerprint density at radius 2 is 1.26 bits per heavy atom. The molecule has 2 heterocycles. The summed E-state index contributed by atoms with van der Waals surface area (Å²) in [5, 5.41) is 3.35. The summed E-state index contributed by atoms with van der Waals surface area (Å²) in [4.78, 5) is 30.7. The van der Waals surface area contributed by atoms with Crippen molar-refractivity contribution in [1.29, 1.82) is 0 Å². The number of likely N-dealkylation sites (tertiary alicyclic amines) is 2. The van der Waals surface area contributed by atoms with Crippen molar-refractivity contribution in [2.75, 3.05) is 26.2 Å². The number of carbonyl (C=O) groups is 2. The molecular formula is C33H35N3O2. The summed E-state index contributed by atoms with van der Waals surface area (Å²) in [5.74, 6) is 0.746. The highest BCUT2D eigenvalue weighted by Gasteiger charge is 2.43. The summed E-state index contributed by atoms with van der Waals surface area (Å²) in [5.41, 5.74) is 7.74. The van der Waals surface area contributed by atoms with E-state index in [1.54, 1.807) is 0 Å². The lowest BCUT2D eigenvalue weighted by atomic mass is 9.77. The van der Waals surface area contributed by atoms with Crippen LogP contribution in [0.25, 0.3) is 11.1 Å². The number of carbonyl (C=O) groups excluding carboxylic acids is 2. The monoisotopic (exact) mass is 505 g/mol. The Balaban J connectivity index is 0.950. The molecule has 4 aliphatic rings. The normalized spacial score (nSPS) is 19.9. The minimum absolute atomic E-state index is 0.0256. The zero-order chi connectivity index (χ0) is 25.7. The number of hydrogen-bond acceptors (Lipinski definition) is 2. The number of nitrogens with one attached hydrogen (secondary N) is 1. The number of rotatable bonds is 3. The van der Waals surface area contributed by atoms with Crippen molar-refractivity contribution in [1.82, 2.24) is 15.1 Å². The highest BCUT2D eigenvalue weighted by atomic mass is 16.2. The predicted molar refractivity (Wildman–Crippen MR) is 149 cm³/mol. The fraction of sp³-hybridized carbons (Fsp3) is 0.394. The van der Waals surface area contributed by atoms with Crippen LogP contribution in [-0.2, 0) is 17.6 Å². The van der Waals surface area contributed by atoms with Gasteiger partial charge in [-0.2, -0.15) is 0 Å². The number of benzene rings is 3. The molecule has 3 aromatic carbocycles. The number of fused-ring (bicyclic) bond motifs is 4. The van der Waals surface area contributed by atoms with Crippen molar-refractivity contribution in [3.8, 4) is 11.1 Å². The molecule has 3 aromatic rings. The third kappa shape index (κ3) is 4.09. The molecule has 2 saturated heterocycles. The van der Waals surface area contributed by atoms with Crippen LogP contribution in [0, 0.1) is 11.3 Å². The lowest BCUT2D eigenvalue weighted by Crippen LogP contribution is -2.46. The number of piperidine rings is 1. The third-order valence-electron chi connectivity index (χ3n) is 9.60. The van der Waals surface area contributed by atoms with E-state index in [-0.39, 0.29) is 17.5 Å². The molecule has 38 heavy (non-hydrogen) atoms. The maximum Gasteiger partial charge on any atom is 0.318 e. The number of hydrogen-bond donors (Lipinski definition) is 1. The van der Waals surface area contributed by atoms with Gasteiger partial charge in [0.2, 0.25) is 5.91 Å². The van der Waals surface area contributed by atoms with Gasteiger partial charge in [0.05, 0.1) is 6.04 Å². The minimum Gasteiger partial charge on any atom is -0.343 e. The molecule has 3 amide bonds. The second kappa shape index (κ2) is 9.30. The summed E-state index contributed by atoms with van der Waals surface area (Å²) in [6, 6.07) is 25.3. The van der Waals surface area contributed by atoms with Crippen molar-refractivity contribution in [2.45, 2.75) is 44.6 Å². The Morgan fingerprint density at radius 1 is 0.737 bits per heavy atom. The first-order valence-electron chi connectivity index (χ1n) is 14.2. The quantitative estimate of drug-likeness (QED) is 0.505. The second-order valence-electron chi connectivity index (χ2n) is 11.9. The maximum atomic E-state index is 13.5. The Hall–Kier alpha value is -3.60. The summed E-state index contributed by atoms with van der Waals surface area (Å²) in [7, 11) is 0. The van der Waals surface area contributed by atoms with Crippen LogP contribution >= 0.6 is 0 Å². The molecule has 2 aliphatic carbocycles. The van der Waals surface area contributed by atoms with Crippen molar-refractivity contribution < 1.29 is 9.59 Å². The first-order valence-corrected chi connectivity index (χ1v) is 14.2. The van der Waals surface area contributed by atoms with E-state index in [4.69, 9.17) is 0 Å². The molecule has 194 valence electrons. The maximum absolute atomic E-state index is 13.5. The molecule has 5 nitrogen and oxygen atoms in total. The number of nitrogens with zero attached hydrogens (tertiary/aromatic N) is 2. The van der Waals surface area contributed by atoms with Crippen molar-refractivity contribution in [2.24, 2.45) is 11.3 Å². The van der Waals surface area contributed by atoms with Gasteiger partial charge in [-0.05, 0) is 76.8 Å². The van der Waals surface area contributed by atoms with Crippen LogP contribution in [0.4, 0.5) is 4.79 Å². The van der Waals surface area contributed by atoms with Crippen LogP contribution in [0.15, 0.2) is 72.8 Å². The SMILES string of the molecule is O=C(CC1Cc2ccccc2C1)N1CCC2(CC1)CCN(C(=O)NC1c3ccccc3-c3ccccc31)C2. The molecule has 0 unspecified atom stereocenters. The van der Waals surface area contributed by atoms with Gasteiger partial charge in [-0.1, -0.05) is 72.8 Å². The standard InChI is InChI=1S/C33H35N3O2/c37-30(21-23-19-24-7-1-2-8-25(24)20-23)35-16-13-33(14-17-35)15-18-36(22-33)32(38)34-31-28-11-5-3-9-26(28)27-10-4-6-12-29(27)31/h1-12,23,31H,13-22H2,(H,34,38). The number of amides is 3. The summed E-state index contributed by atoms with van der Waals surface area (Å²) in [6.45, 7) is 3.21. The Labute approximate surface area is 224 Å². The molecule has 2 aliphatic heterocycles. The lowest BCUT2D eigenvalue weighted by Gasteiger charge is -2.39. The van der Waals surface area contributed by atoms with E-state index in [1.165, 1.54) is 33.4 Å². The molecule has 0 atom stereocenters.